The molecule has 0 aliphatic rings. The van der Waals surface area contributed by atoms with Crippen LogP contribution >= 0.6 is 0 Å². The number of likely N-dealkylation sites (N-methyl/N-ethyl adjacent to an activating group) is 1. The van der Waals surface area contributed by atoms with Gasteiger partial charge >= 0.3 is 0 Å². The van der Waals surface area contributed by atoms with Crippen molar-refractivity contribution >= 4 is 11.6 Å². The summed E-state index contributed by atoms with van der Waals surface area (Å²) in [6.07, 6.45) is 0. The van der Waals surface area contributed by atoms with Crippen molar-refractivity contribution in [2.45, 2.75) is 19.4 Å². The maximum Gasteiger partial charge on any atom is 0.239 e. The van der Waals surface area contributed by atoms with Crippen LogP contribution in [0.1, 0.15) is 13.8 Å². The van der Waals surface area contributed by atoms with Gasteiger partial charge in [-0.3, -0.25) is 4.79 Å². The number of amides is 1. The van der Waals surface area contributed by atoms with Gasteiger partial charge in [0, 0.05) is 12.7 Å². The molecule has 17 heavy (non-hydrogen) atoms. The summed E-state index contributed by atoms with van der Waals surface area (Å²) >= 11 is 0. The van der Waals surface area contributed by atoms with Crippen molar-refractivity contribution in [2.75, 3.05) is 25.1 Å². The van der Waals surface area contributed by atoms with Gasteiger partial charge in [0.05, 0.1) is 18.7 Å². The van der Waals surface area contributed by atoms with E-state index in [2.05, 4.69) is 5.32 Å². The third-order valence-corrected chi connectivity index (χ3v) is 2.45. The Hall–Kier alpha value is -1.55. The van der Waals surface area contributed by atoms with Gasteiger partial charge in [-0.15, -0.1) is 0 Å². The van der Waals surface area contributed by atoms with E-state index in [-0.39, 0.29) is 19.1 Å². The predicted molar refractivity (Wildman–Crippen MR) is 69.0 cm³/mol. The summed E-state index contributed by atoms with van der Waals surface area (Å²) in [5.41, 5.74) is 0.415. The number of hydrogen-bond donors (Lipinski definition) is 2. The molecule has 4 nitrogen and oxygen atoms in total. The number of anilines is 1. The molecule has 0 saturated heterocycles. The summed E-state index contributed by atoms with van der Waals surface area (Å²) in [5, 5.41) is 11.8. The summed E-state index contributed by atoms with van der Waals surface area (Å²) in [6, 6.07) is 9.70. The molecule has 0 radical (unpaired) electrons. The molecular formula is C13H20N2O2. The summed E-state index contributed by atoms with van der Waals surface area (Å²) in [5.74, 6) is -0.101. The standard InChI is InChI=1S/C13H20N2O2/c1-13(2,10-16)14-12(17)9-15(3)11-7-5-4-6-8-11/h4-8,16H,9-10H2,1-3H3,(H,14,17). The lowest BCUT2D eigenvalue weighted by Gasteiger charge is -2.26. The Labute approximate surface area is 102 Å². The second-order valence-electron chi connectivity index (χ2n) is 4.78. The van der Waals surface area contributed by atoms with E-state index in [1.54, 1.807) is 13.8 Å². The van der Waals surface area contributed by atoms with Crippen molar-refractivity contribution in [1.82, 2.24) is 5.32 Å². The van der Waals surface area contributed by atoms with Crippen LogP contribution in [-0.4, -0.2) is 36.8 Å². The number of rotatable bonds is 5. The van der Waals surface area contributed by atoms with E-state index >= 15 is 0 Å². The molecule has 1 rings (SSSR count). The number of benzene rings is 1. The molecule has 0 aliphatic carbocycles. The predicted octanol–water partition coefficient (Wildman–Crippen LogP) is 1.01. The van der Waals surface area contributed by atoms with Crippen LogP contribution in [0.2, 0.25) is 0 Å². The van der Waals surface area contributed by atoms with Gasteiger partial charge in [0.15, 0.2) is 0 Å². The molecule has 2 N–H and O–H groups in total. The number of carbonyl (C=O) groups is 1. The Morgan fingerprint density at radius 2 is 1.94 bits per heavy atom. The van der Waals surface area contributed by atoms with Crippen LogP contribution in [0.15, 0.2) is 30.3 Å². The molecule has 0 fully saturated rings. The van der Waals surface area contributed by atoms with E-state index in [1.807, 2.05) is 42.3 Å². The van der Waals surface area contributed by atoms with Gasteiger partial charge in [-0.05, 0) is 26.0 Å². The Bertz CT molecular complexity index is 363. The number of aliphatic hydroxyl groups excluding tert-OH is 1. The second kappa shape index (κ2) is 5.68. The first-order valence-corrected chi connectivity index (χ1v) is 5.63. The quantitative estimate of drug-likeness (QED) is 0.802. The minimum atomic E-state index is -0.575. The topological polar surface area (TPSA) is 52.6 Å². The first-order valence-electron chi connectivity index (χ1n) is 5.63. The number of nitrogens with one attached hydrogen (secondary N) is 1. The van der Waals surface area contributed by atoms with Crippen LogP contribution in [0.25, 0.3) is 0 Å². The zero-order chi connectivity index (χ0) is 12.9. The highest BCUT2D eigenvalue weighted by Crippen LogP contribution is 2.10. The average Bonchev–Trinajstić information content (AvgIpc) is 2.29. The van der Waals surface area contributed by atoms with E-state index in [9.17, 15) is 4.79 Å². The monoisotopic (exact) mass is 236 g/mol. The average molecular weight is 236 g/mol. The molecule has 0 spiro atoms. The van der Waals surface area contributed by atoms with Crippen molar-refractivity contribution < 1.29 is 9.90 Å². The maximum absolute atomic E-state index is 11.7. The van der Waals surface area contributed by atoms with E-state index in [4.69, 9.17) is 5.11 Å². The first kappa shape index (κ1) is 13.5. The number of carbonyl (C=O) groups excluding carboxylic acids is 1. The van der Waals surface area contributed by atoms with Gasteiger partial charge in [0.25, 0.3) is 0 Å². The van der Waals surface area contributed by atoms with E-state index in [0.29, 0.717) is 0 Å². The highest BCUT2D eigenvalue weighted by atomic mass is 16.3. The summed E-state index contributed by atoms with van der Waals surface area (Å²) in [4.78, 5) is 13.6. The third-order valence-electron chi connectivity index (χ3n) is 2.45. The second-order valence-corrected chi connectivity index (χ2v) is 4.78. The van der Waals surface area contributed by atoms with Gasteiger partial charge in [-0.1, -0.05) is 18.2 Å². The highest BCUT2D eigenvalue weighted by Gasteiger charge is 2.19. The van der Waals surface area contributed by atoms with Crippen LogP contribution in [-0.2, 0) is 4.79 Å². The summed E-state index contributed by atoms with van der Waals surface area (Å²) in [6.45, 7) is 3.77. The largest absolute Gasteiger partial charge is 0.394 e. The zero-order valence-corrected chi connectivity index (χ0v) is 10.6. The Morgan fingerprint density at radius 3 is 2.47 bits per heavy atom. The summed E-state index contributed by atoms with van der Waals surface area (Å²) in [7, 11) is 1.86. The zero-order valence-electron chi connectivity index (χ0n) is 10.6. The number of nitrogens with zero attached hydrogens (tertiary/aromatic N) is 1. The van der Waals surface area contributed by atoms with Crippen LogP contribution in [0.5, 0.6) is 0 Å². The molecule has 0 unspecified atom stereocenters. The maximum atomic E-state index is 11.7. The van der Waals surface area contributed by atoms with Gasteiger partial charge in [0.2, 0.25) is 5.91 Å². The van der Waals surface area contributed by atoms with Crippen molar-refractivity contribution in [2.24, 2.45) is 0 Å². The van der Waals surface area contributed by atoms with E-state index in [1.165, 1.54) is 0 Å². The molecule has 4 heteroatoms. The van der Waals surface area contributed by atoms with Gasteiger partial charge in [0.1, 0.15) is 0 Å². The Balaban J connectivity index is 2.52. The Kier molecular flexibility index (Phi) is 4.52. The van der Waals surface area contributed by atoms with Crippen LogP contribution in [0.3, 0.4) is 0 Å². The minimum absolute atomic E-state index is 0.0756. The summed E-state index contributed by atoms with van der Waals surface area (Å²) < 4.78 is 0. The fourth-order valence-electron chi connectivity index (χ4n) is 1.45. The fraction of sp³-hybridized carbons (Fsp3) is 0.462. The number of aliphatic hydroxyl groups is 1. The lowest BCUT2D eigenvalue weighted by atomic mass is 10.1. The molecule has 1 aromatic rings. The SMILES string of the molecule is CN(CC(=O)NC(C)(C)CO)c1ccccc1. The third kappa shape index (κ3) is 4.44. The van der Waals surface area contributed by atoms with Crippen LogP contribution < -0.4 is 10.2 Å². The first-order chi connectivity index (χ1) is 7.94. The number of para-hydroxylation sites is 1. The van der Waals surface area contributed by atoms with E-state index in [0.717, 1.165) is 5.69 Å². The van der Waals surface area contributed by atoms with Crippen molar-refractivity contribution in [3.8, 4) is 0 Å². The molecule has 0 bridgehead atoms. The molecule has 0 aliphatic heterocycles. The lowest BCUT2D eigenvalue weighted by molar-refractivity contribution is -0.121. The molecular weight excluding hydrogens is 216 g/mol. The molecule has 0 atom stereocenters. The van der Waals surface area contributed by atoms with Gasteiger partial charge in [-0.2, -0.15) is 0 Å². The smallest absolute Gasteiger partial charge is 0.239 e. The van der Waals surface area contributed by atoms with Crippen molar-refractivity contribution in [3.63, 3.8) is 0 Å². The molecule has 1 aromatic carbocycles. The van der Waals surface area contributed by atoms with Crippen molar-refractivity contribution in [1.29, 1.82) is 0 Å². The lowest BCUT2D eigenvalue weighted by Crippen LogP contribution is -2.49. The van der Waals surface area contributed by atoms with E-state index < -0.39 is 5.54 Å². The fourth-order valence-corrected chi connectivity index (χ4v) is 1.45. The molecule has 94 valence electrons. The van der Waals surface area contributed by atoms with Gasteiger partial charge < -0.3 is 15.3 Å². The normalized spacial score (nSPS) is 11.1. The number of hydrogen-bond acceptors (Lipinski definition) is 3. The van der Waals surface area contributed by atoms with Crippen molar-refractivity contribution in [3.05, 3.63) is 30.3 Å². The highest BCUT2D eigenvalue weighted by molar-refractivity contribution is 5.81. The minimum Gasteiger partial charge on any atom is -0.394 e. The van der Waals surface area contributed by atoms with Crippen LogP contribution in [0.4, 0.5) is 5.69 Å². The molecule has 0 heterocycles. The molecule has 1 amide bonds. The van der Waals surface area contributed by atoms with Crippen LogP contribution in [0, 0.1) is 0 Å². The molecule has 0 saturated carbocycles. The Morgan fingerprint density at radius 1 is 1.35 bits per heavy atom. The molecule has 0 aromatic heterocycles. The van der Waals surface area contributed by atoms with Gasteiger partial charge in [-0.25, -0.2) is 0 Å².